The first-order valence-electron chi connectivity index (χ1n) is 11.9. The van der Waals surface area contributed by atoms with Gasteiger partial charge in [0.25, 0.3) is 5.91 Å². The summed E-state index contributed by atoms with van der Waals surface area (Å²) in [6.07, 6.45) is -3.51. The maximum Gasteiger partial charge on any atom is 0.433 e. The lowest BCUT2D eigenvalue weighted by Crippen LogP contribution is -2.49. The van der Waals surface area contributed by atoms with Crippen LogP contribution in [0.2, 0.25) is 0 Å². The van der Waals surface area contributed by atoms with Crippen LogP contribution in [0.1, 0.15) is 34.6 Å². The third-order valence-electron chi connectivity index (χ3n) is 6.81. The number of hydrogen-bond acceptors (Lipinski definition) is 5. The summed E-state index contributed by atoms with van der Waals surface area (Å²) < 4.78 is 47.7. The minimum atomic E-state index is -4.69. The van der Waals surface area contributed by atoms with E-state index < -0.39 is 11.9 Å². The molecule has 192 valence electrons. The summed E-state index contributed by atoms with van der Waals surface area (Å²) in [6.45, 7) is 4.34. The van der Waals surface area contributed by atoms with E-state index in [0.717, 1.165) is 6.07 Å². The molecular weight excluding hydrogens is 483 g/mol. The van der Waals surface area contributed by atoms with E-state index in [4.69, 9.17) is 4.74 Å². The summed E-state index contributed by atoms with van der Waals surface area (Å²) in [6, 6.07) is 17.8. The average molecular weight is 510 g/mol. The zero-order valence-electron chi connectivity index (χ0n) is 20.4. The van der Waals surface area contributed by atoms with E-state index >= 15 is 0 Å². The van der Waals surface area contributed by atoms with Gasteiger partial charge in [0.1, 0.15) is 11.3 Å². The molecule has 1 amide bonds. The van der Waals surface area contributed by atoms with Gasteiger partial charge in [0.2, 0.25) is 0 Å². The zero-order chi connectivity index (χ0) is 26.2. The van der Waals surface area contributed by atoms with Crippen molar-refractivity contribution in [2.75, 3.05) is 33.3 Å². The minimum absolute atomic E-state index is 0.0467. The zero-order valence-corrected chi connectivity index (χ0v) is 20.4. The first kappa shape index (κ1) is 24.8. The largest absolute Gasteiger partial charge is 0.497 e. The summed E-state index contributed by atoms with van der Waals surface area (Å²) in [5.74, 6) is 0.191. The molecule has 10 heteroatoms. The number of halogens is 3. The van der Waals surface area contributed by atoms with Crippen LogP contribution in [0.5, 0.6) is 5.75 Å². The van der Waals surface area contributed by atoms with Gasteiger partial charge in [-0.25, -0.2) is 9.50 Å². The number of amides is 1. The van der Waals surface area contributed by atoms with Gasteiger partial charge >= 0.3 is 6.18 Å². The van der Waals surface area contributed by atoms with Gasteiger partial charge in [-0.2, -0.15) is 18.3 Å². The van der Waals surface area contributed by atoms with Crippen LogP contribution >= 0.6 is 0 Å². The van der Waals surface area contributed by atoms with Crippen LogP contribution in [0.15, 0.2) is 66.9 Å². The molecule has 1 fully saturated rings. The molecule has 7 nitrogen and oxygen atoms in total. The van der Waals surface area contributed by atoms with Crippen LogP contribution in [-0.2, 0) is 6.18 Å². The van der Waals surface area contributed by atoms with E-state index in [0.29, 0.717) is 42.0 Å². The van der Waals surface area contributed by atoms with Crippen LogP contribution in [0.4, 0.5) is 13.2 Å². The quantitative estimate of drug-likeness (QED) is 0.381. The number of hydrogen-bond donors (Lipinski definition) is 0. The number of alkyl halides is 3. The Kier molecular flexibility index (Phi) is 6.59. The summed E-state index contributed by atoms with van der Waals surface area (Å²) in [4.78, 5) is 21.8. The van der Waals surface area contributed by atoms with Gasteiger partial charge < -0.3 is 9.64 Å². The predicted octanol–water partition coefficient (Wildman–Crippen LogP) is 4.94. The normalized spacial score (nSPS) is 15.6. The van der Waals surface area contributed by atoms with Crippen molar-refractivity contribution < 1.29 is 22.7 Å². The Bertz CT molecular complexity index is 1400. The fraction of sp³-hybridized carbons (Fsp3) is 0.296. The third kappa shape index (κ3) is 4.89. The maximum atomic E-state index is 13.9. The molecule has 1 aliphatic rings. The highest BCUT2D eigenvalue weighted by atomic mass is 19.4. The molecule has 3 heterocycles. The summed E-state index contributed by atoms with van der Waals surface area (Å²) >= 11 is 0. The number of fused-ring (bicyclic) bond motifs is 1. The molecule has 37 heavy (non-hydrogen) atoms. The van der Waals surface area contributed by atoms with Crippen molar-refractivity contribution in [2.24, 2.45) is 0 Å². The molecule has 1 atom stereocenters. The van der Waals surface area contributed by atoms with Crippen LogP contribution < -0.4 is 4.74 Å². The molecule has 5 rings (SSSR count). The highest BCUT2D eigenvalue weighted by Gasteiger charge is 2.36. The second kappa shape index (κ2) is 9.85. The van der Waals surface area contributed by atoms with Crippen molar-refractivity contribution in [1.82, 2.24) is 24.4 Å². The van der Waals surface area contributed by atoms with Gasteiger partial charge in [-0.15, -0.1) is 0 Å². The Morgan fingerprint density at radius 3 is 2.30 bits per heavy atom. The molecule has 0 saturated carbocycles. The van der Waals surface area contributed by atoms with Gasteiger partial charge in [0.05, 0.1) is 19.0 Å². The van der Waals surface area contributed by atoms with Crippen molar-refractivity contribution in [3.8, 4) is 17.0 Å². The molecule has 0 radical (unpaired) electrons. The number of rotatable bonds is 5. The molecule has 2 aromatic heterocycles. The second-order valence-corrected chi connectivity index (χ2v) is 8.96. The van der Waals surface area contributed by atoms with Gasteiger partial charge in [0.15, 0.2) is 11.3 Å². The number of carbonyl (C=O) groups excluding carboxylic acids is 1. The highest BCUT2D eigenvalue weighted by molar-refractivity contribution is 6.00. The van der Waals surface area contributed by atoms with Crippen LogP contribution in [0.3, 0.4) is 0 Å². The minimum Gasteiger partial charge on any atom is -0.497 e. The SMILES string of the molecule is COc1ccc(-c2cc(C(F)(F)F)n3ncc(C(=O)N4CCN(C(C)c5ccccc5)CC4)c3n2)cc1. The van der Waals surface area contributed by atoms with Crippen LogP contribution in [0.25, 0.3) is 16.9 Å². The van der Waals surface area contributed by atoms with Crippen molar-refractivity contribution in [2.45, 2.75) is 19.1 Å². The van der Waals surface area contributed by atoms with Crippen molar-refractivity contribution in [3.05, 3.63) is 83.7 Å². The molecule has 1 aliphatic heterocycles. The monoisotopic (exact) mass is 509 g/mol. The van der Waals surface area contributed by atoms with Gasteiger partial charge in [0, 0.05) is 37.8 Å². The number of carbonyl (C=O) groups is 1. The highest BCUT2D eigenvalue weighted by Crippen LogP contribution is 2.33. The van der Waals surface area contributed by atoms with E-state index in [9.17, 15) is 18.0 Å². The lowest BCUT2D eigenvalue weighted by Gasteiger charge is -2.38. The van der Waals surface area contributed by atoms with E-state index in [1.807, 2.05) is 18.2 Å². The third-order valence-corrected chi connectivity index (χ3v) is 6.81. The molecule has 1 saturated heterocycles. The summed E-state index contributed by atoms with van der Waals surface area (Å²) in [7, 11) is 1.51. The second-order valence-electron chi connectivity index (χ2n) is 8.96. The molecular formula is C27H26F3N5O2. The number of methoxy groups -OCH3 is 1. The lowest BCUT2D eigenvalue weighted by atomic mass is 10.1. The van der Waals surface area contributed by atoms with Crippen molar-refractivity contribution in [1.29, 1.82) is 0 Å². The Morgan fingerprint density at radius 2 is 1.68 bits per heavy atom. The van der Waals surface area contributed by atoms with Gasteiger partial charge in [-0.05, 0) is 42.8 Å². The first-order chi connectivity index (χ1) is 17.8. The molecule has 0 aliphatic carbocycles. The van der Waals surface area contributed by atoms with Gasteiger partial charge in [-0.1, -0.05) is 30.3 Å². The number of aromatic nitrogens is 3. The number of benzene rings is 2. The summed E-state index contributed by atoms with van der Waals surface area (Å²) in [5.41, 5.74) is 0.690. The standard InChI is InChI=1S/C27H26F3N5O2/c1-18(19-6-4-3-5-7-19)33-12-14-34(15-13-33)26(36)22-17-31-35-24(27(28,29)30)16-23(32-25(22)35)20-8-10-21(37-2)11-9-20/h3-11,16-18H,12-15H2,1-2H3. The molecule has 4 aromatic rings. The summed E-state index contributed by atoms with van der Waals surface area (Å²) in [5, 5.41) is 3.90. The molecule has 0 bridgehead atoms. The van der Waals surface area contributed by atoms with Crippen molar-refractivity contribution in [3.63, 3.8) is 0 Å². The van der Waals surface area contributed by atoms with Crippen LogP contribution in [0, 0.1) is 0 Å². The molecule has 2 aromatic carbocycles. The van der Waals surface area contributed by atoms with E-state index in [2.05, 4.69) is 34.0 Å². The lowest BCUT2D eigenvalue weighted by molar-refractivity contribution is -0.142. The predicted molar refractivity (Wildman–Crippen MR) is 132 cm³/mol. The van der Waals surface area contributed by atoms with Crippen LogP contribution in [-0.4, -0.2) is 63.6 Å². The topological polar surface area (TPSA) is 63.0 Å². The Hall–Kier alpha value is -3.92. The van der Waals surface area contributed by atoms with E-state index in [-0.39, 0.29) is 28.9 Å². The fourth-order valence-corrected chi connectivity index (χ4v) is 4.65. The fourth-order valence-electron chi connectivity index (χ4n) is 4.65. The van der Waals surface area contributed by atoms with Crippen molar-refractivity contribution >= 4 is 11.6 Å². The first-order valence-corrected chi connectivity index (χ1v) is 11.9. The number of ether oxygens (including phenoxy) is 1. The Morgan fingerprint density at radius 1 is 1.00 bits per heavy atom. The number of piperazine rings is 1. The van der Waals surface area contributed by atoms with Gasteiger partial charge in [-0.3, -0.25) is 9.69 Å². The average Bonchev–Trinajstić information content (AvgIpc) is 3.35. The Labute approximate surface area is 212 Å². The number of nitrogens with zero attached hydrogens (tertiary/aromatic N) is 5. The van der Waals surface area contributed by atoms with E-state index in [1.165, 1.54) is 18.9 Å². The Balaban J connectivity index is 1.43. The smallest absolute Gasteiger partial charge is 0.433 e. The molecule has 1 unspecified atom stereocenters. The van der Waals surface area contributed by atoms with E-state index in [1.54, 1.807) is 29.2 Å². The molecule has 0 spiro atoms. The molecule has 0 N–H and O–H groups in total. The maximum absolute atomic E-state index is 13.9.